The molecule has 0 spiro atoms. The van der Waals surface area contributed by atoms with Crippen molar-refractivity contribution in [2.45, 2.75) is 0 Å². The van der Waals surface area contributed by atoms with E-state index in [0.717, 1.165) is 22.8 Å². The molecule has 1 aliphatic heterocycles. The van der Waals surface area contributed by atoms with Gasteiger partial charge in [-0.05, 0) is 24.3 Å². The van der Waals surface area contributed by atoms with Gasteiger partial charge in [-0.15, -0.1) is 10.2 Å². The highest BCUT2D eigenvalue weighted by Gasteiger charge is 2.22. The molecule has 0 saturated carbocycles. The minimum Gasteiger partial charge on any atom is -0.268 e. The second-order valence-electron chi connectivity index (χ2n) is 4.77. The monoisotopic (exact) mass is 298 g/mol. The Hall–Kier alpha value is -2.33. The van der Waals surface area contributed by atoms with E-state index in [1.54, 1.807) is 0 Å². The maximum atomic E-state index is 5.93. The lowest BCUT2D eigenvalue weighted by Gasteiger charge is -2.35. The van der Waals surface area contributed by atoms with Gasteiger partial charge in [0.1, 0.15) is 0 Å². The van der Waals surface area contributed by atoms with Crippen LogP contribution < -0.4 is 0 Å². The van der Waals surface area contributed by atoms with E-state index in [1.807, 2.05) is 78.7 Å². The van der Waals surface area contributed by atoms with E-state index in [0.29, 0.717) is 5.02 Å². The Morgan fingerprint density at radius 3 is 1.71 bits per heavy atom. The number of hydrogen-bond acceptors (Lipinski definition) is 4. The highest BCUT2D eigenvalue weighted by molar-refractivity contribution is 6.30. The molecule has 106 valence electrons. The summed E-state index contributed by atoms with van der Waals surface area (Å²) in [6.07, 6.45) is 0. The molecule has 3 rings (SSSR count). The highest BCUT2D eigenvalue weighted by atomic mass is 35.5. The van der Waals surface area contributed by atoms with Gasteiger partial charge in [0.2, 0.25) is 0 Å². The Labute approximate surface area is 128 Å². The molecule has 0 N–H and O–H groups in total. The van der Waals surface area contributed by atoms with Gasteiger partial charge in [0.05, 0.1) is 0 Å². The molecule has 1 heterocycles. The standard InChI is InChI=1S/C16H15ClN4/c1-20-15(12-6-4-3-5-7-12)18-19-16(21(20)2)13-8-10-14(17)11-9-13/h3-11H,1-2H3. The van der Waals surface area contributed by atoms with Gasteiger partial charge in [0, 0.05) is 30.2 Å². The average Bonchev–Trinajstić information content (AvgIpc) is 2.52. The van der Waals surface area contributed by atoms with Crippen molar-refractivity contribution >= 4 is 23.3 Å². The van der Waals surface area contributed by atoms with Gasteiger partial charge in [-0.3, -0.25) is 10.0 Å². The van der Waals surface area contributed by atoms with Crippen LogP contribution in [0.4, 0.5) is 0 Å². The van der Waals surface area contributed by atoms with Gasteiger partial charge in [-0.2, -0.15) is 0 Å². The van der Waals surface area contributed by atoms with Crippen LogP contribution in [-0.4, -0.2) is 35.8 Å². The molecule has 0 aromatic heterocycles. The molecule has 2 aromatic rings. The maximum absolute atomic E-state index is 5.93. The lowest BCUT2D eigenvalue weighted by molar-refractivity contribution is 0.201. The zero-order valence-corrected chi connectivity index (χ0v) is 12.6. The zero-order chi connectivity index (χ0) is 14.8. The normalized spacial score (nSPS) is 14.8. The Bertz CT molecular complexity index is 692. The van der Waals surface area contributed by atoms with Crippen molar-refractivity contribution in [3.63, 3.8) is 0 Å². The molecule has 4 nitrogen and oxygen atoms in total. The molecule has 0 amide bonds. The summed E-state index contributed by atoms with van der Waals surface area (Å²) in [5.41, 5.74) is 2.01. The molecule has 0 bridgehead atoms. The molecule has 21 heavy (non-hydrogen) atoms. The van der Waals surface area contributed by atoms with Crippen molar-refractivity contribution in [2.75, 3.05) is 14.1 Å². The first-order chi connectivity index (χ1) is 10.2. The third-order valence-electron chi connectivity index (χ3n) is 3.44. The first-order valence-electron chi connectivity index (χ1n) is 6.61. The Morgan fingerprint density at radius 1 is 0.714 bits per heavy atom. The summed E-state index contributed by atoms with van der Waals surface area (Å²) in [6.45, 7) is 0. The second kappa shape index (κ2) is 5.58. The zero-order valence-electron chi connectivity index (χ0n) is 11.9. The summed E-state index contributed by atoms with van der Waals surface area (Å²) in [5.74, 6) is 1.60. The lowest BCUT2D eigenvalue weighted by atomic mass is 10.2. The fraction of sp³-hybridized carbons (Fsp3) is 0.125. The fourth-order valence-electron chi connectivity index (χ4n) is 2.18. The van der Waals surface area contributed by atoms with Gasteiger partial charge in [-0.25, -0.2) is 0 Å². The van der Waals surface area contributed by atoms with Crippen LogP contribution in [0, 0.1) is 0 Å². The third-order valence-corrected chi connectivity index (χ3v) is 3.69. The van der Waals surface area contributed by atoms with Crippen LogP contribution in [0.3, 0.4) is 0 Å². The van der Waals surface area contributed by atoms with E-state index in [1.165, 1.54) is 0 Å². The van der Waals surface area contributed by atoms with Crippen molar-refractivity contribution in [1.29, 1.82) is 0 Å². The van der Waals surface area contributed by atoms with E-state index in [-0.39, 0.29) is 0 Å². The largest absolute Gasteiger partial charge is 0.268 e. The van der Waals surface area contributed by atoms with Crippen molar-refractivity contribution in [3.05, 3.63) is 70.7 Å². The van der Waals surface area contributed by atoms with E-state index in [4.69, 9.17) is 11.6 Å². The van der Waals surface area contributed by atoms with Gasteiger partial charge in [0.25, 0.3) is 0 Å². The quantitative estimate of drug-likeness (QED) is 0.852. The molecule has 0 atom stereocenters. The summed E-state index contributed by atoms with van der Waals surface area (Å²) in [7, 11) is 3.93. The first kappa shape index (κ1) is 13.6. The number of benzene rings is 2. The van der Waals surface area contributed by atoms with E-state index < -0.39 is 0 Å². The van der Waals surface area contributed by atoms with Crippen LogP contribution in [0.2, 0.25) is 5.02 Å². The molecular weight excluding hydrogens is 284 g/mol. The molecule has 0 unspecified atom stereocenters. The highest BCUT2D eigenvalue weighted by Crippen LogP contribution is 2.17. The average molecular weight is 299 g/mol. The SMILES string of the molecule is CN1C(c2ccccc2)=NN=C(c2ccc(Cl)cc2)N1C. The van der Waals surface area contributed by atoms with Crippen molar-refractivity contribution < 1.29 is 0 Å². The second-order valence-corrected chi connectivity index (χ2v) is 5.20. The maximum Gasteiger partial charge on any atom is 0.176 e. The van der Waals surface area contributed by atoms with Gasteiger partial charge in [-0.1, -0.05) is 41.9 Å². The number of rotatable bonds is 2. The van der Waals surface area contributed by atoms with E-state index in [2.05, 4.69) is 10.2 Å². The summed E-state index contributed by atoms with van der Waals surface area (Å²) >= 11 is 5.93. The summed E-state index contributed by atoms with van der Waals surface area (Å²) in [5, 5.41) is 13.4. The Kier molecular flexibility index (Phi) is 3.62. The molecule has 0 saturated heterocycles. The molecule has 0 fully saturated rings. The Balaban J connectivity index is 1.99. The Morgan fingerprint density at radius 2 is 1.19 bits per heavy atom. The van der Waals surface area contributed by atoms with Crippen LogP contribution in [0.25, 0.3) is 0 Å². The number of amidine groups is 2. The predicted octanol–water partition coefficient (Wildman–Crippen LogP) is 3.24. The smallest absolute Gasteiger partial charge is 0.176 e. The number of nitrogens with zero attached hydrogens (tertiary/aromatic N) is 4. The van der Waals surface area contributed by atoms with Crippen molar-refractivity contribution in [3.8, 4) is 0 Å². The molecule has 0 aliphatic carbocycles. The summed E-state index contributed by atoms with van der Waals surface area (Å²) < 4.78 is 0. The van der Waals surface area contributed by atoms with E-state index in [9.17, 15) is 0 Å². The van der Waals surface area contributed by atoms with Gasteiger partial charge >= 0.3 is 0 Å². The number of hydrogen-bond donors (Lipinski definition) is 0. The van der Waals surface area contributed by atoms with Gasteiger partial charge in [0.15, 0.2) is 11.7 Å². The minimum absolute atomic E-state index is 0.708. The van der Waals surface area contributed by atoms with Crippen LogP contribution in [0.5, 0.6) is 0 Å². The van der Waals surface area contributed by atoms with Crippen LogP contribution in [0.1, 0.15) is 11.1 Å². The molecule has 0 radical (unpaired) electrons. The predicted molar refractivity (Wildman–Crippen MR) is 86.5 cm³/mol. The van der Waals surface area contributed by atoms with Crippen LogP contribution >= 0.6 is 11.6 Å². The summed E-state index contributed by atoms with van der Waals surface area (Å²) in [4.78, 5) is 0. The fourth-order valence-corrected chi connectivity index (χ4v) is 2.31. The van der Waals surface area contributed by atoms with Crippen LogP contribution in [-0.2, 0) is 0 Å². The molecular formula is C16H15ClN4. The van der Waals surface area contributed by atoms with E-state index >= 15 is 0 Å². The molecule has 2 aromatic carbocycles. The molecule has 5 heteroatoms. The number of halogens is 1. The first-order valence-corrected chi connectivity index (χ1v) is 6.99. The topological polar surface area (TPSA) is 31.2 Å². The van der Waals surface area contributed by atoms with Crippen molar-refractivity contribution in [2.24, 2.45) is 10.2 Å². The van der Waals surface area contributed by atoms with Gasteiger partial charge < -0.3 is 0 Å². The molecule has 1 aliphatic rings. The minimum atomic E-state index is 0.708. The third kappa shape index (κ3) is 2.62. The lowest BCUT2D eigenvalue weighted by Crippen LogP contribution is -2.47. The van der Waals surface area contributed by atoms with Crippen molar-refractivity contribution in [1.82, 2.24) is 10.0 Å². The van der Waals surface area contributed by atoms with Crippen LogP contribution in [0.15, 0.2) is 64.8 Å². The summed E-state index contributed by atoms with van der Waals surface area (Å²) in [6, 6.07) is 17.6. The number of hydrazine groups is 1.